The Morgan fingerprint density at radius 2 is 2.00 bits per heavy atom. The molecule has 1 fully saturated rings. The van der Waals surface area contributed by atoms with E-state index in [0.717, 1.165) is 18.3 Å². The van der Waals surface area contributed by atoms with Crippen LogP contribution in [0.4, 0.5) is 0 Å². The lowest BCUT2D eigenvalue weighted by Crippen LogP contribution is -2.05. The second-order valence-electron chi connectivity index (χ2n) is 3.74. The predicted molar refractivity (Wildman–Crippen MR) is 52.6 cm³/mol. The highest BCUT2D eigenvalue weighted by atomic mass is 16.5. The lowest BCUT2D eigenvalue weighted by atomic mass is 9.99. The Kier molecular flexibility index (Phi) is 1.45. The summed E-state index contributed by atoms with van der Waals surface area (Å²) in [5.41, 5.74) is 2.83. The topological polar surface area (TPSA) is 9.23 Å². The van der Waals surface area contributed by atoms with Crippen molar-refractivity contribution in [2.75, 3.05) is 6.61 Å². The third-order valence-electron chi connectivity index (χ3n) is 2.76. The highest BCUT2D eigenvalue weighted by Crippen LogP contribution is 2.45. The number of allylic oxidation sites excluding steroid dienone is 1. The summed E-state index contributed by atoms with van der Waals surface area (Å²) in [6, 6.07) is 8.35. The van der Waals surface area contributed by atoms with Crippen LogP contribution in [0.15, 0.2) is 30.3 Å². The van der Waals surface area contributed by atoms with E-state index in [0.29, 0.717) is 0 Å². The first-order valence-electron chi connectivity index (χ1n) is 4.87. The minimum Gasteiger partial charge on any atom is -0.489 e. The molecule has 0 amide bonds. The van der Waals surface area contributed by atoms with Crippen molar-refractivity contribution in [3.8, 4) is 5.75 Å². The first-order valence-corrected chi connectivity index (χ1v) is 4.87. The number of para-hydroxylation sites is 1. The first-order chi connectivity index (χ1) is 6.45. The van der Waals surface area contributed by atoms with Crippen molar-refractivity contribution < 1.29 is 4.74 Å². The lowest BCUT2D eigenvalue weighted by Gasteiger charge is -2.17. The molecular weight excluding hydrogens is 160 g/mol. The van der Waals surface area contributed by atoms with E-state index in [9.17, 15) is 0 Å². The third-order valence-corrected chi connectivity index (χ3v) is 2.76. The maximum Gasteiger partial charge on any atom is 0.127 e. The summed E-state index contributed by atoms with van der Waals surface area (Å²) in [6.45, 7) is 0.753. The van der Waals surface area contributed by atoms with Crippen molar-refractivity contribution in [3.63, 3.8) is 0 Å². The molecular formula is C12H12O. The fraction of sp³-hybridized carbons (Fsp3) is 0.333. The fourth-order valence-corrected chi connectivity index (χ4v) is 1.94. The smallest absolute Gasteiger partial charge is 0.127 e. The molecule has 0 N–H and O–H groups in total. The van der Waals surface area contributed by atoms with Gasteiger partial charge in [-0.1, -0.05) is 18.2 Å². The van der Waals surface area contributed by atoms with E-state index >= 15 is 0 Å². The van der Waals surface area contributed by atoms with Crippen molar-refractivity contribution in [1.29, 1.82) is 0 Å². The molecule has 1 nitrogen and oxygen atoms in total. The predicted octanol–water partition coefficient (Wildman–Crippen LogP) is 2.87. The minimum absolute atomic E-state index is 0.753. The van der Waals surface area contributed by atoms with E-state index in [2.05, 4.69) is 24.3 Å². The van der Waals surface area contributed by atoms with E-state index < -0.39 is 0 Å². The number of rotatable bonds is 1. The molecule has 0 spiro atoms. The van der Waals surface area contributed by atoms with Crippen LogP contribution in [0.1, 0.15) is 18.4 Å². The van der Waals surface area contributed by atoms with Crippen LogP contribution in [-0.4, -0.2) is 6.61 Å². The summed E-state index contributed by atoms with van der Waals surface area (Å²) in [4.78, 5) is 0. The summed E-state index contributed by atoms with van der Waals surface area (Å²) < 4.78 is 5.56. The molecule has 2 aliphatic rings. The van der Waals surface area contributed by atoms with Crippen LogP contribution in [-0.2, 0) is 0 Å². The molecule has 0 aromatic heterocycles. The van der Waals surface area contributed by atoms with Crippen LogP contribution in [0.3, 0.4) is 0 Å². The summed E-state index contributed by atoms with van der Waals surface area (Å²) in [5.74, 6) is 1.89. The van der Waals surface area contributed by atoms with Crippen LogP contribution >= 0.6 is 0 Å². The zero-order valence-corrected chi connectivity index (χ0v) is 7.49. The van der Waals surface area contributed by atoms with E-state index in [1.54, 1.807) is 0 Å². The highest BCUT2D eigenvalue weighted by Gasteiger charge is 2.29. The van der Waals surface area contributed by atoms with Crippen LogP contribution in [0.2, 0.25) is 0 Å². The number of ether oxygens (including phenoxy) is 1. The summed E-state index contributed by atoms with van der Waals surface area (Å²) in [6.07, 6.45) is 4.96. The van der Waals surface area contributed by atoms with Crippen molar-refractivity contribution in [2.24, 2.45) is 5.92 Å². The fourth-order valence-electron chi connectivity index (χ4n) is 1.94. The molecule has 0 radical (unpaired) electrons. The number of hydrogen-bond donors (Lipinski definition) is 0. The Morgan fingerprint density at radius 1 is 1.15 bits per heavy atom. The average Bonchev–Trinajstić information content (AvgIpc) is 3.00. The highest BCUT2D eigenvalue weighted by molar-refractivity contribution is 5.74. The van der Waals surface area contributed by atoms with Gasteiger partial charge in [-0.15, -0.1) is 0 Å². The molecule has 0 saturated heterocycles. The number of benzene rings is 1. The van der Waals surface area contributed by atoms with Gasteiger partial charge in [0.15, 0.2) is 0 Å². The van der Waals surface area contributed by atoms with Crippen LogP contribution in [0.25, 0.3) is 5.57 Å². The van der Waals surface area contributed by atoms with Gasteiger partial charge >= 0.3 is 0 Å². The molecule has 1 aliphatic carbocycles. The SMILES string of the molecule is C1=C(C2CC2)c2ccccc2OC1. The summed E-state index contributed by atoms with van der Waals surface area (Å²) >= 11 is 0. The van der Waals surface area contributed by atoms with E-state index in [1.807, 2.05) is 6.07 Å². The average molecular weight is 172 g/mol. The second kappa shape index (κ2) is 2.63. The van der Waals surface area contributed by atoms with E-state index in [1.165, 1.54) is 24.0 Å². The van der Waals surface area contributed by atoms with Crippen molar-refractivity contribution in [1.82, 2.24) is 0 Å². The molecule has 3 rings (SSSR count). The van der Waals surface area contributed by atoms with Crippen molar-refractivity contribution in [3.05, 3.63) is 35.9 Å². The number of fused-ring (bicyclic) bond motifs is 1. The van der Waals surface area contributed by atoms with Gasteiger partial charge in [-0.3, -0.25) is 0 Å². The molecule has 66 valence electrons. The molecule has 1 aromatic carbocycles. The molecule has 1 aromatic rings. The lowest BCUT2D eigenvalue weighted by molar-refractivity contribution is 0.356. The Labute approximate surface area is 78.0 Å². The molecule has 1 saturated carbocycles. The van der Waals surface area contributed by atoms with Crippen LogP contribution in [0, 0.1) is 5.92 Å². The van der Waals surface area contributed by atoms with Gasteiger partial charge in [-0.05, 0) is 36.5 Å². The van der Waals surface area contributed by atoms with Crippen molar-refractivity contribution >= 4 is 5.57 Å². The standard InChI is InChI=1S/C12H12O/c1-2-4-12-11(3-1)10(7-8-13-12)9-5-6-9/h1-4,7,9H,5-6,8H2. The second-order valence-corrected chi connectivity index (χ2v) is 3.74. The van der Waals surface area contributed by atoms with Crippen LogP contribution < -0.4 is 4.74 Å². The van der Waals surface area contributed by atoms with Gasteiger partial charge in [0.25, 0.3) is 0 Å². The monoisotopic (exact) mass is 172 g/mol. The zero-order chi connectivity index (χ0) is 8.67. The summed E-state index contributed by atoms with van der Waals surface area (Å²) in [7, 11) is 0. The third kappa shape index (κ3) is 1.15. The number of hydrogen-bond acceptors (Lipinski definition) is 1. The Balaban J connectivity index is 2.09. The normalized spacial score (nSPS) is 20.2. The van der Waals surface area contributed by atoms with E-state index in [4.69, 9.17) is 4.74 Å². The zero-order valence-electron chi connectivity index (χ0n) is 7.49. The molecule has 0 atom stereocenters. The largest absolute Gasteiger partial charge is 0.489 e. The molecule has 0 bridgehead atoms. The van der Waals surface area contributed by atoms with Gasteiger partial charge in [-0.25, -0.2) is 0 Å². The Hall–Kier alpha value is -1.24. The van der Waals surface area contributed by atoms with Gasteiger partial charge in [0.05, 0.1) is 0 Å². The van der Waals surface area contributed by atoms with Crippen LogP contribution in [0.5, 0.6) is 5.75 Å². The van der Waals surface area contributed by atoms with Gasteiger partial charge in [0.1, 0.15) is 12.4 Å². The molecule has 0 unspecified atom stereocenters. The van der Waals surface area contributed by atoms with E-state index in [-0.39, 0.29) is 0 Å². The quantitative estimate of drug-likeness (QED) is 0.633. The maximum atomic E-state index is 5.56. The van der Waals surface area contributed by atoms with Gasteiger partial charge in [-0.2, -0.15) is 0 Å². The molecule has 1 aliphatic heterocycles. The van der Waals surface area contributed by atoms with Gasteiger partial charge < -0.3 is 4.74 Å². The van der Waals surface area contributed by atoms with Gasteiger partial charge in [0.2, 0.25) is 0 Å². The Morgan fingerprint density at radius 3 is 2.85 bits per heavy atom. The maximum absolute atomic E-state index is 5.56. The molecule has 1 heteroatoms. The van der Waals surface area contributed by atoms with Gasteiger partial charge in [0, 0.05) is 5.56 Å². The van der Waals surface area contributed by atoms with Crippen molar-refractivity contribution in [2.45, 2.75) is 12.8 Å². The summed E-state index contributed by atoms with van der Waals surface area (Å²) in [5, 5.41) is 0. The first kappa shape index (κ1) is 7.19. The molecule has 1 heterocycles. The molecule has 13 heavy (non-hydrogen) atoms. The Bertz CT molecular complexity index is 361. The minimum atomic E-state index is 0.753.